The maximum atomic E-state index is 12.3. The number of carbonyl (C=O) groups is 2. The number of esters is 1. The number of fused-ring (bicyclic) bond motifs is 2. The predicted molar refractivity (Wildman–Crippen MR) is 87.2 cm³/mol. The van der Waals surface area contributed by atoms with Crippen molar-refractivity contribution >= 4 is 11.8 Å². The lowest BCUT2D eigenvalue weighted by atomic mass is 9.59. The Bertz CT molecular complexity index is 707. The minimum Gasteiger partial charge on any atom is -0.455 e. The first-order chi connectivity index (χ1) is 11.6. The molecule has 1 aliphatic heterocycles. The lowest BCUT2D eigenvalue weighted by Gasteiger charge is -2.48. The number of aliphatic hydroxyl groups is 3. The summed E-state index contributed by atoms with van der Waals surface area (Å²) in [5.74, 6) is -2.59. The van der Waals surface area contributed by atoms with Gasteiger partial charge in [-0.3, -0.25) is 4.79 Å². The van der Waals surface area contributed by atoms with Gasteiger partial charge < -0.3 is 20.1 Å². The number of hydrogen-bond donors (Lipinski definition) is 3. The van der Waals surface area contributed by atoms with Crippen LogP contribution in [-0.4, -0.2) is 50.5 Å². The zero-order valence-corrected chi connectivity index (χ0v) is 14.4. The summed E-state index contributed by atoms with van der Waals surface area (Å²) in [7, 11) is 0. The van der Waals surface area contributed by atoms with Crippen LogP contribution in [0.5, 0.6) is 0 Å². The van der Waals surface area contributed by atoms with Gasteiger partial charge in [-0.1, -0.05) is 18.2 Å². The molecular weight excluding hydrogens is 324 g/mol. The molecule has 2 saturated carbocycles. The highest BCUT2D eigenvalue weighted by Gasteiger charge is 2.69. The van der Waals surface area contributed by atoms with Gasteiger partial charge in [0, 0.05) is 36.2 Å². The lowest BCUT2D eigenvalue weighted by Crippen LogP contribution is -2.58. The van der Waals surface area contributed by atoms with E-state index in [-0.39, 0.29) is 31.0 Å². The number of carbonyl (C=O) groups excluding carboxylic acids is 2. The normalized spacial score (nSPS) is 51.3. The number of Topliss-reactive ketones (excluding diaryl/α,β-unsaturated/α-hetero) is 1. The molecule has 6 heteroatoms. The highest BCUT2D eigenvalue weighted by molar-refractivity contribution is 5.92. The fourth-order valence-corrected chi connectivity index (χ4v) is 5.61. The molecule has 1 saturated heterocycles. The standard InChI is InChI=1S/C19H24O6/c1-8(2)10-4-9(20)5-14(21)19(24)12(10)6-11-15-13(19)7-18(3,23)16(15)25-17(11)22/h6,10,12-16,21,23-24H,1,4-5,7H2,2-3H3. The average molecular weight is 348 g/mol. The average Bonchev–Trinajstić information content (AvgIpc) is 2.93. The molecule has 8 unspecified atom stereocenters. The van der Waals surface area contributed by atoms with Crippen LogP contribution in [-0.2, 0) is 14.3 Å². The third kappa shape index (κ3) is 2.08. The Hall–Kier alpha value is -1.50. The summed E-state index contributed by atoms with van der Waals surface area (Å²) < 4.78 is 5.41. The maximum absolute atomic E-state index is 12.3. The molecule has 8 atom stereocenters. The van der Waals surface area contributed by atoms with Crippen LogP contribution in [0.1, 0.15) is 33.1 Å². The van der Waals surface area contributed by atoms with Crippen molar-refractivity contribution in [2.45, 2.75) is 56.5 Å². The number of ether oxygens (including phenoxy) is 1. The van der Waals surface area contributed by atoms with Crippen molar-refractivity contribution in [3.05, 3.63) is 23.8 Å². The fourth-order valence-electron chi connectivity index (χ4n) is 5.61. The molecule has 3 N–H and O–H groups in total. The first-order valence-corrected chi connectivity index (χ1v) is 8.80. The van der Waals surface area contributed by atoms with Crippen LogP contribution >= 0.6 is 0 Å². The summed E-state index contributed by atoms with van der Waals surface area (Å²) in [6.45, 7) is 7.34. The number of aliphatic hydroxyl groups excluding tert-OH is 1. The molecule has 6 nitrogen and oxygen atoms in total. The zero-order chi connectivity index (χ0) is 18.3. The summed E-state index contributed by atoms with van der Waals surface area (Å²) in [5.41, 5.74) is -1.69. The molecule has 0 aromatic carbocycles. The van der Waals surface area contributed by atoms with Crippen LogP contribution in [0, 0.1) is 23.7 Å². The smallest absolute Gasteiger partial charge is 0.334 e. The van der Waals surface area contributed by atoms with E-state index >= 15 is 0 Å². The van der Waals surface area contributed by atoms with E-state index in [0.717, 1.165) is 5.57 Å². The van der Waals surface area contributed by atoms with Crippen LogP contribution in [0.15, 0.2) is 23.8 Å². The Balaban J connectivity index is 1.92. The number of allylic oxidation sites excluding steroid dienone is 1. The maximum Gasteiger partial charge on any atom is 0.334 e. The van der Waals surface area contributed by atoms with Crippen molar-refractivity contribution in [2.24, 2.45) is 23.7 Å². The van der Waals surface area contributed by atoms with E-state index in [2.05, 4.69) is 6.58 Å². The first kappa shape index (κ1) is 16.9. The Kier molecular flexibility index (Phi) is 3.40. The molecule has 0 aromatic heterocycles. The quantitative estimate of drug-likeness (QED) is 0.471. The van der Waals surface area contributed by atoms with Gasteiger partial charge in [0.05, 0.1) is 11.7 Å². The largest absolute Gasteiger partial charge is 0.455 e. The zero-order valence-electron chi connectivity index (χ0n) is 14.4. The Morgan fingerprint density at radius 2 is 2.00 bits per heavy atom. The molecule has 1 heterocycles. The van der Waals surface area contributed by atoms with E-state index in [4.69, 9.17) is 4.74 Å². The molecule has 0 spiro atoms. The van der Waals surface area contributed by atoms with Crippen molar-refractivity contribution in [1.29, 1.82) is 0 Å². The molecule has 25 heavy (non-hydrogen) atoms. The van der Waals surface area contributed by atoms with Crippen LogP contribution in [0.4, 0.5) is 0 Å². The first-order valence-electron chi connectivity index (χ1n) is 8.80. The number of hydrogen-bond acceptors (Lipinski definition) is 6. The topological polar surface area (TPSA) is 104 Å². The van der Waals surface area contributed by atoms with Gasteiger partial charge in [0.1, 0.15) is 17.5 Å². The summed E-state index contributed by atoms with van der Waals surface area (Å²) in [6, 6.07) is 0. The van der Waals surface area contributed by atoms with Gasteiger partial charge in [0.2, 0.25) is 0 Å². The van der Waals surface area contributed by atoms with Crippen molar-refractivity contribution in [2.75, 3.05) is 0 Å². The van der Waals surface area contributed by atoms with Crippen molar-refractivity contribution < 1.29 is 29.6 Å². The minimum atomic E-state index is -1.60. The van der Waals surface area contributed by atoms with Gasteiger partial charge in [-0.15, -0.1) is 0 Å². The van der Waals surface area contributed by atoms with Crippen LogP contribution in [0.2, 0.25) is 0 Å². The van der Waals surface area contributed by atoms with Crippen molar-refractivity contribution in [3.63, 3.8) is 0 Å². The molecule has 136 valence electrons. The predicted octanol–water partition coefficient (Wildman–Crippen LogP) is 0.502. The van der Waals surface area contributed by atoms with Gasteiger partial charge in [-0.25, -0.2) is 4.79 Å². The Morgan fingerprint density at radius 1 is 1.32 bits per heavy atom. The summed E-state index contributed by atoms with van der Waals surface area (Å²) in [5, 5.41) is 33.2. The molecule has 0 radical (unpaired) electrons. The molecule has 3 aliphatic carbocycles. The van der Waals surface area contributed by atoms with Crippen LogP contribution < -0.4 is 0 Å². The Morgan fingerprint density at radius 3 is 2.64 bits per heavy atom. The molecule has 0 aromatic rings. The van der Waals surface area contributed by atoms with E-state index in [9.17, 15) is 24.9 Å². The highest BCUT2D eigenvalue weighted by atomic mass is 16.6. The van der Waals surface area contributed by atoms with Gasteiger partial charge in [0.15, 0.2) is 0 Å². The molecule has 4 aliphatic rings. The molecule has 3 fully saturated rings. The van der Waals surface area contributed by atoms with E-state index < -0.39 is 47.1 Å². The second-order valence-electron chi connectivity index (χ2n) is 8.47. The van der Waals surface area contributed by atoms with E-state index in [0.29, 0.717) is 5.57 Å². The fraction of sp³-hybridized carbons (Fsp3) is 0.684. The number of rotatable bonds is 1. The van der Waals surface area contributed by atoms with Gasteiger partial charge in [-0.05, 0) is 26.2 Å². The molecule has 4 rings (SSSR count). The Labute approximate surface area is 146 Å². The van der Waals surface area contributed by atoms with Gasteiger partial charge in [0.25, 0.3) is 0 Å². The monoisotopic (exact) mass is 348 g/mol. The second-order valence-corrected chi connectivity index (χ2v) is 8.47. The van der Waals surface area contributed by atoms with Crippen LogP contribution in [0.25, 0.3) is 0 Å². The second kappa shape index (κ2) is 5.02. The van der Waals surface area contributed by atoms with E-state index in [1.165, 1.54) is 0 Å². The molecule has 0 bridgehead atoms. The van der Waals surface area contributed by atoms with E-state index in [1.807, 2.05) is 0 Å². The third-order valence-corrected chi connectivity index (χ3v) is 6.79. The van der Waals surface area contributed by atoms with Gasteiger partial charge >= 0.3 is 5.97 Å². The summed E-state index contributed by atoms with van der Waals surface area (Å²) >= 11 is 0. The minimum absolute atomic E-state index is 0.129. The SMILES string of the molecule is C=C(C)C1CC(=O)CC(O)C2(O)C1C=C1C(=O)OC3C1C2CC3(C)O. The van der Waals surface area contributed by atoms with Crippen molar-refractivity contribution in [1.82, 2.24) is 0 Å². The number of ketones is 1. The van der Waals surface area contributed by atoms with E-state index in [1.54, 1.807) is 19.9 Å². The lowest BCUT2D eigenvalue weighted by molar-refractivity contribution is -0.160. The molecule has 0 amide bonds. The highest BCUT2D eigenvalue weighted by Crippen LogP contribution is 2.60. The van der Waals surface area contributed by atoms with Crippen molar-refractivity contribution in [3.8, 4) is 0 Å². The molecular formula is C19H24O6. The summed E-state index contributed by atoms with van der Waals surface area (Å²) in [6.07, 6.45) is -0.0570. The van der Waals surface area contributed by atoms with Gasteiger partial charge in [-0.2, -0.15) is 0 Å². The van der Waals surface area contributed by atoms with Crippen LogP contribution in [0.3, 0.4) is 0 Å². The summed E-state index contributed by atoms with van der Waals surface area (Å²) in [4.78, 5) is 24.6. The third-order valence-electron chi connectivity index (χ3n) is 6.79.